The molecule has 0 radical (unpaired) electrons. The molecule has 32 heavy (non-hydrogen) atoms. The molecule has 0 amide bonds. The number of rotatable bonds is 4. The standard InChI is InChI=1S/C30H24NP/c1-3-13-25(14-4-1)32(26-15-5-2-6-16-26)29-20-19-23-11-7-9-17-27(23)30(29)31-22-21-24-12-8-10-18-28(24)31/h1-20H,21-22H2. The van der Waals surface area contributed by atoms with Gasteiger partial charge < -0.3 is 4.90 Å². The second kappa shape index (κ2) is 8.26. The normalized spacial score (nSPS) is 13.0. The molecular formula is C30H24NP. The van der Waals surface area contributed by atoms with Crippen molar-refractivity contribution in [2.24, 2.45) is 0 Å². The fraction of sp³-hybridized carbons (Fsp3) is 0.0667. The first-order valence-corrected chi connectivity index (χ1v) is 12.5. The van der Waals surface area contributed by atoms with Gasteiger partial charge in [0.2, 0.25) is 0 Å². The molecule has 5 aromatic rings. The van der Waals surface area contributed by atoms with Gasteiger partial charge in [-0.3, -0.25) is 0 Å². The van der Waals surface area contributed by atoms with E-state index in [-0.39, 0.29) is 0 Å². The third kappa shape index (κ3) is 3.30. The Labute approximate surface area is 190 Å². The Morgan fingerprint density at radius 3 is 1.94 bits per heavy atom. The van der Waals surface area contributed by atoms with Crippen LogP contribution in [0.4, 0.5) is 11.4 Å². The van der Waals surface area contributed by atoms with Crippen molar-refractivity contribution < 1.29 is 0 Å². The first kappa shape index (κ1) is 19.3. The van der Waals surface area contributed by atoms with E-state index in [4.69, 9.17) is 0 Å². The van der Waals surface area contributed by atoms with Crippen molar-refractivity contribution in [3.8, 4) is 0 Å². The lowest BCUT2D eigenvalue weighted by molar-refractivity contribution is 1.01. The van der Waals surface area contributed by atoms with Crippen molar-refractivity contribution in [1.29, 1.82) is 0 Å². The van der Waals surface area contributed by atoms with Gasteiger partial charge in [0.25, 0.3) is 0 Å². The molecule has 1 heterocycles. The maximum atomic E-state index is 2.56. The molecule has 0 spiro atoms. The minimum absolute atomic E-state index is 0.687. The molecule has 1 aliphatic heterocycles. The molecule has 2 heteroatoms. The lowest BCUT2D eigenvalue weighted by atomic mass is 10.1. The van der Waals surface area contributed by atoms with E-state index in [0.29, 0.717) is 0 Å². The predicted molar refractivity (Wildman–Crippen MR) is 140 cm³/mol. The molecule has 0 fully saturated rings. The van der Waals surface area contributed by atoms with Gasteiger partial charge in [0.1, 0.15) is 0 Å². The quantitative estimate of drug-likeness (QED) is 0.303. The van der Waals surface area contributed by atoms with E-state index in [2.05, 4.69) is 126 Å². The number of para-hydroxylation sites is 1. The fourth-order valence-corrected chi connectivity index (χ4v) is 7.33. The summed E-state index contributed by atoms with van der Waals surface area (Å²) in [5.41, 5.74) is 4.16. The number of hydrogen-bond donors (Lipinski definition) is 0. The molecule has 0 atom stereocenters. The maximum absolute atomic E-state index is 2.56. The average Bonchev–Trinajstić information content (AvgIpc) is 3.29. The van der Waals surface area contributed by atoms with Crippen LogP contribution in [-0.2, 0) is 6.42 Å². The molecule has 154 valence electrons. The Morgan fingerprint density at radius 1 is 0.562 bits per heavy atom. The monoisotopic (exact) mass is 429 g/mol. The highest BCUT2D eigenvalue weighted by Crippen LogP contribution is 2.44. The summed E-state index contributed by atoms with van der Waals surface area (Å²) in [5.74, 6) is 0. The largest absolute Gasteiger partial charge is 0.340 e. The average molecular weight is 430 g/mol. The van der Waals surface area contributed by atoms with Gasteiger partial charge in [0.15, 0.2) is 0 Å². The Bertz CT molecular complexity index is 1340. The number of hydrogen-bond acceptors (Lipinski definition) is 1. The van der Waals surface area contributed by atoms with Crippen molar-refractivity contribution in [3.05, 3.63) is 127 Å². The van der Waals surface area contributed by atoms with Crippen LogP contribution in [0.1, 0.15) is 5.56 Å². The van der Waals surface area contributed by atoms with Crippen molar-refractivity contribution >= 4 is 46.0 Å². The zero-order chi connectivity index (χ0) is 21.3. The van der Waals surface area contributed by atoms with E-state index < -0.39 is 7.92 Å². The second-order valence-corrected chi connectivity index (χ2v) is 10.4. The van der Waals surface area contributed by atoms with Crippen molar-refractivity contribution in [2.45, 2.75) is 6.42 Å². The maximum Gasteiger partial charge on any atom is 0.0575 e. The summed E-state index contributed by atoms with van der Waals surface area (Å²) in [6.45, 7) is 1.02. The summed E-state index contributed by atoms with van der Waals surface area (Å²) < 4.78 is 0. The Hall–Kier alpha value is -3.41. The summed E-state index contributed by atoms with van der Waals surface area (Å²) in [6.07, 6.45) is 1.09. The Kier molecular flexibility index (Phi) is 4.98. The highest BCUT2D eigenvalue weighted by atomic mass is 31.1. The number of anilines is 2. The molecule has 1 aliphatic rings. The first-order chi connectivity index (χ1) is 15.9. The molecule has 0 unspecified atom stereocenters. The number of fused-ring (bicyclic) bond motifs is 2. The SMILES string of the molecule is c1ccc(P(c2ccccc2)c2ccc3ccccc3c2N2CCc3ccccc32)cc1. The van der Waals surface area contributed by atoms with Gasteiger partial charge in [0, 0.05) is 22.9 Å². The molecule has 0 saturated carbocycles. The second-order valence-electron chi connectivity index (χ2n) is 8.19. The van der Waals surface area contributed by atoms with Crippen LogP contribution in [-0.4, -0.2) is 6.54 Å². The molecule has 5 aromatic carbocycles. The van der Waals surface area contributed by atoms with Gasteiger partial charge in [-0.15, -0.1) is 0 Å². The molecule has 0 saturated heterocycles. The van der Waals surface area contributed by atoms with Gasteiger partial charge in [-0.05, 0) is 42.0 Å². The van der Waals surface area contributed by atoms with E-state index >= 15 is 0 Å². The number of nitrogens with zero attached hydrogens (tertiary/aromatic N) is 1. The van der Waals surface area contributed by atoms with Crippen LogP contribution < -0.4 is 20.8 Å². The third-order valence-corrected chi connectivity index (χ3v) is 8.78. The minimum atomic E-state index is -0.687. The van der Waals surface area contributed by atoms with Crippen molar-refractivity contribution in [1.82, 2.24) is 0 Å². The topological polar surface area (TPSA) is 3.24 Å². The van der Waals surface area contributed by atoms with E-state index in [0.717, 1.165) is 13.0 Å². The Morgan fingerprint density at radius 2 is 1.19 bits per heavy atom. The summed E-state index contributed by atoms with van der Waals surface area (Å²) in [6, 6.07) is 44.4. The van der Waals surface area contributed by atoms with Crippen LogP contribution in [0.15, 0.2) is 121 Å². The van der Waals surface area contributed by atoms with Crippen molar-refractivity contribution in [2.75, 3.05) is 11.4 Å². The van der Waals surface area contributed by atoms with Crippen molar-refractivity contribution in [3.63, 3.8) is 0 Å². The zero-order valence-corrected chi connectivity index (χ0v) is 18.8. The highest BCUT2D eigenvalue weighted by Gasteiger charge is 2.28. The smallest absolute Gasteiger partial charge is 0.0575 e. The molecule has 6 rings (SSSR count). The van der Waals surface area contributed by atoms with E-state index in [1.165, 1.54) is 43.6 Å². The lowest BCUT2D eigenvalue weighted by Gasteiger charge is -2.29. The zero-order valence-electron chi connectivity index (χ0n) is 17.9. The molecule has 0 aromatic heterocycles. The lowest BCUT2D eigenvalue weighted by Crippen LogP contribution is -2.27. The van der Waals surface area contributed by atoms with E-state index in [9.17, 15) is 0 Å². The fourth-order valence-electron chi connectivity index (χ4n) is 4.86. The third-order valence-electron chi connectivity index (χ3n) is 6.31. The van der Waals surface area contributed by atoms with Gasteiger partial charge >= 0.3 is 0 Å². The van der Waals surface area contributed by atoms with E-state index in [1.54, 1.807) is 0 Å². The van der Waals surface area contributed by atoms with Gasteiger partial charge in [0.05, 0.1) is 5.69 Å². The van der Waals surface area contributed by atoms with Crippen LogP contribution in [0, 0.1) is 0 Å². The summed E-state index contributed by atoms with van der Waals surface area (Å²) >= 11 is 0. The molecule has 0 N–H and O–H groups in total. The summed E-state index contributed by atoms with van der Waals surface area (Å²) in [4.78, 5) is 2.56. The molecule has 1 nitrogen and oxygen atoms in total. The predicted octanol–water partition coefficient (Wildman–Crippen LogP) is 6.29. The van der Waals surface area contributed by atoms with Gasteiger partial charge in [-0.1, -0.05) is 115 Å². The summed E-state index contributed by atoms with van der Waals surface area (Å²) in [5, 5.41) is 6.83. The van der Waals surface area contributed by atoms with Crippen LogP contribution >= 0.6 is 7.92 Å². The highest BCUT2D eigenvalue weighted by molar-refractivity contribution is 7.80. The Balaban J connectivity index is 1.65. The van der Waals surface area contributed by atoms with E-state index in [1.807, 2.05) is 0 Å². The first-order valence-electron chi connectivity index (χ1n) is 11.2. The van der Waals surface area contributed by atoms with Crippen LogP contribution in [0.3, 0.4) is 0 Å². The molecule has 0 bridgehead atoms. The van der Waals surface area contributed by atoms with Crippen LogP contribution in [0.25, 0.3) is 10.8 Å². The number of benzene rings is 5. The van der Waals surface area contributed by atoms with Gasteiger partial charge in [-0.2, -0.15) is 0 Å². The summed E-state index contributed by atoms with van der Waals surface area (Å²) in [7, 11) is -0.687. The van der Waals surface area contributed by atoms with Crippen LogP contribution in [0.5, 0.6) is 0 Å². The molecule has 0 aliphatic carbocycles. The molecular weight excluding hydrogens is 405 g/mol. The van der Waals surface area contributed by atoms with Gasteiger partial charge in [-0.25, -0.2) is 0 Å². The van der Waals surface area contributed by atoms with Crippen LogP contribution in [0.2, 0.25) is 0 Å². The minimum Gasteiger partial charge on any atom is -0.340 e.